The molecule has 1 aromatic rings. The fraction of sp³-hybridized carbons (Fsp3) is 0.333. The Labute approximate surface area is 112 Å². The van der Waals surface area contributed by atoms with E-state index in [-0.39, 0.29) is 6.42 Å². The standard InChI is InChI=1S/C12H12F3NO4/c1-20-8-4-2-3-7(5-8)6-9(10(17)18)16-11(19)12(13,14)15/h2-5,9H,6H2,1H3,(H,16,19)(H,17,18)/t9-/m0/s1. The van der Waals surface area contributed by atoms with Crippen LogP contribution in [0.4, 0.5) is 13.2 Å². The molecule has 0 aliphatic carbocycles. The van der Waals surface area contributed by atoms with Gasteiger partial charge in [0.1, 0.15) is 11.8 Å². The van der Waals surface area contributed by atoms with Crippen LogP contribution in [0.25, 0.3) is 0 Å². The van der Waals surface area contributed by atoms with Gasteiger partial charge < -0.3 is 15.2 Å². The first-order valence-electron chi connectivity index (χ1n) is 5.47. The van der Waals surface area contributed by atoms with Gasteiger partial charge in [0.25, 0.3) is 0 Å². The first kappa shape index (κ1) is 15.8. The minimum absolute atomic E-state index is 0.283. The van der Waals surface area contributed by atoms with Crippen molar-refractivity contribution in [3.63, 3.8) is 0 Å². The van der Waals surface area contributed by atoms with Crippen LogP contribution in [0, 0.1) is 0 Å². The third kappa shape index (κ3) is 4.45. The van der Waals surface area contributed by atoms with Crippen molar-refractivity contribution in [2.24, 2.45) is 0 Å². The number of halogens is 3. The van der Waals surface area contributed by atoms with Crippen LogP contribution < -0.4 is 10.1 Å². The number of benzene rings is 1. The zero-order valence-electron chi connectivity index (χ0n) is 10.4. The molecule has 0 bridgehead atoms. The Morgan fingerprint density at radius 3 is 2.55 bits per heavy atom. The Morgan fingerprint density at radius 2 is 2.05 bits per heavy atom. The van der Waals surface area contributed by atoms with Gasteiger partial charge in [-0.15, -0.1) is 0 Å². The van der Waals surface area contributed by atoms with E-state index in [4.69, 9.17) is 9.84 Å². The van der Waals surface area contributed by atoms with Crippen molar-refractivity contribution in [3.05, 3.63) is 29.8 Å². The molecule has 0 saturated heterocycles. The number of carboxylic acids is 1. The van der Waals surface area contributed by atoms with Gasteiger partial charge in [0.2, 0.25) is 0 Å². The van der Waals surface area contributed by atoms with Crippen LogP contribution in [0.1, 0.15) is 5.56 Å². The van der Waals surface area contributed by atoms with E-state index in [1.165, 1.54) is 24.6 Å². The molecular weight excluding hydrogens is 279 g/mol. The van der Waals surface area contributed by atoms with Gasteiger partial charge in [-0.3, -0.25) is 4.79 Å². The Morgan fingerprint density at radius 1 is 1.40 bits per heavy atom. The van der Waals surface area contributed by atoms with Gasteiger partial charge in [-0.1, -0.05) is 12.1 Å². The molecule has 1 rings (SSSR count). The van der Waals surface area contributed by atoms with Crippen molar-refractivity contribution in [1.82, 2.24) is 5.32 Å². The average Bonchev–Trinajstić information content (AvgIpc) is 2.36. The number of aliphatic carboxylic acids is 1. The monoisotopic (exact) mass is 291 g/mol. The lowest BCUT2D eigenvalue weighted by Crippen LogP contribution is -2.47. The topological polar surface area (TPSA) is 75.6 Å². The summed E-state index contributed by atoms with van der Waals surface area (Å²) in [6.45, 7) is 0. The maximum Gasteiger partial charge on any atom is 0.471 e. The van der Waals surface area contributed by atoms with E-state index in [0.29, 0.717) is 11.3 Å². The Hall–Kier alpha value is -2.25. The molecule has 0 aromatic heterocycles. The summed E-state index contributed by atoms with van der Waals surface area (Å²) in [6, 6.07) is 4.51. The Balaban J connectivity index is 2.82. The Kier molecular flexibility index (Phi) is 4.95. The summed E-state index contributed by atoms with van der Waals surface area (Å²) in [5.41, 5.74) is 0.430. The quantitative estimate of drug-likeness (QED) is 0.859. The highest BCUT2D eigenvalue weighted by molar-refractivity contribution is 5.87. The third-order valence-corrected chi connectivity index (χ3v) is 2.43. The van der Waals surface area contributed by atoms with E-state index < -0.39 is 24.1 Å². The van der Waals surface area contributed by atoms with Crippen LogP contribution >= 0.6 is 0 Å². The number of carbonyl (C=O) groups is 2. The van der Waals surface area contributed by atoms with Crippen LogP contribution in [0.15, 0.2) is 24.3 Å². The summed E-state index contributed by atoms with van der Waals surface area (Å²) in [6.07, 6.45) is -5.41. The number of hydrogen-bond donors (Lipinski definition) is 2. The largest absolute Gasteiger partial charge is 0.497 e. The molecular formula is C12H12F3NO4. The van der Waals surface area contributed by atoms with Gasteiger partial charge in [0.15, 0.2) is 0 Å². The van der Waals surface area contributed by atoms with Crippen LogP contribution in [-0.2, 0) is 16.0 Å². The number of methoxy groups -OCH3 is 1. The van der Waals surface area contributed by atoms with Crippen molar-refractivity contribution in [2.75, 3.05) is 7.11 Å². The minimum Gasteiger partial charge on any atom is -0.497 e. The number of ether oxygens (including phenoxy) is 1. The van der Waals surface area contributed by atoms with Crippen molar-refractivity contribution < 1.29 is 32.6 Å². The number of hydrogen-bond acceptors (Lipinski definition) is 3. The summed E-state index contributed by atoms with van der Waals surface area (Å²) < 4.78 is 41.2. The highest BCUT2D eigenvalue weighted by Crippen LogP contribution is 2.17. The van der Waals surface area contributed by atoms with Gasteiger partial charge in [-0.2, -0.15) is 13.2 Å². The fourth-order valence-corrected chi connectivity index (χ4v) is 1.48. The fourth-order valence-electron chi connectivity index (χ4n) is 1.48. The van der Waals surface area contributed by atoms with Crippen LogP contribution in [0.3, 0.4) is 0 Å². The zero-order chi connectivity index (χ0) is 15.3. The van der Waals surface area contributed by atoms with Crippen LogP contribution in [0.2, 0.25) is 0 Å². The van der Waals surface area contributed by atoms with E-state index in [9.17, 15) is 22.8 Å². The first-order chi connectivity index (χ1) is 9.24. The predicted molar refractivity (Wildman–Crippen MR) is 62.3 cm³/mol. The molecule has 0 saturated carbocycles. The lowest BCUT2D eigenvalue weighted by molar-refractivity contribution is -0.175. The normalized spacial score (nSPS) is 12.6. The maximum atomic E-state index is 12.1. The van der Waals surface area contributed by atoms with Crippen molar-refractivity contribution >= 4 is 11.9 Å². The van der Waals surface area contributed by atoms with E-state index >= 15 is 0 Å². The summed E-state index contributed by atoms with van der Waals surface area (Å²) in [5.74, 6) is -3.40. The minimum atomic E-state index is -5.12. The van der Waals surface area contributed by atoms with E-state index in [0.717, 1.165) is 0 Å². The van der Waals surface area contributed by atoms with Crippen LogP contribution in [-0.4, -0.2) is 36.3 Å². The second kappa shape index (κ2) is 6.27. The second-order valence-electron chi connectivity index (χ2n) is 3.92. The maximum absolute atomic E-state index is 12.1. The molecule has 1 amide bonds. The molecule has 0 aliphatic heterocycles. The average molecular weight is 291 g/mol. The summed E-state index contributed by atoms with van der Waals surface area (Å²) in [5, 5.41) is 10.3. The molecule has 2 N–H and O–H groups in total. The first-order valence-corrected chi connectivity index (χ1v) is 5.47. The lowest BCUT2D eigenvalue weighted by Gasteiger charge is -2.16. The third-order valence-electron chi connectivity index (χ3n) is 2.43. The van der Waals surface area contributed by atoms with E-state index in [1.54, 1.807) is 12.1 Å². The number of carbonyl (C=O) groups excluding carboxylic acids is 1. The van der Waals surface area contributed by atoms with Crippen molar-refractivity contribution in [1.29, 1.82) is 0 Å². The van der Waals surface area contributed by atoms with Crippen molar-refractivity contribution in [3.8, 4) is 5.75 Å². The number of nitrogens with one attached hydrogen (secondary N) is 1. The molecule has 0 fully saturated rings. The zero-order valence-corrected chi connectivity index (χ0v) is 10.4. The number of alkyl halides is 3. The lowest BCUT2D eigenvalue weighted by atomic mass is 10.1. The molecule has 110 valence electrons. The van der Waals surface area contributed by atoms with Gasteiger partial charge in [-0.05, 0) is 17.7 Å². The summed E-state index contributed by atoms with van der Waals surface area (Å²) in [7, 11) is 1.40. The number of amides is 1. The number of carboxylic acid groups (broad SMARTS) is 1. The second-order valence-corrected chi connectivity index (χ2v) is 3.92. The van der Waals surface area contributed by atoms with E-state index in [2.05, 4.69) is 0 Å². The molecule has 1 atom stereocenters. The summed E-state index contributed by atoms with van der Waals surface area (Å²) >= 11 is 0. The smallest absolute Gasteiger partial charge is 0.471 e. The molecule has 5 nitrogen and oxygen atoms in total. The molecule has 0 spiro atoms. The molecule has 0 aliphatic rings. The molecule has 0 heterocycles. The highest BCUT2D eigenvalue weighted by Gasteiger charge is 2.40. The van der Waals surface area contributed by atoms with Gasteiger partial charge in [0, 0.05) is 6.42 Å². The van der Waals surface area contributed by atoms with Crippen LogP contribution in [0.5, 0.6) is 5.75 Å². The molecule has 0 unspecified atom stereocenters. The van der Waals surface area contributed by atoms with Gasteiger partial charge in [-0.25, -0.2) is 4.79 Å². The number of rotatable bonds is 5. The Bertz CT molecular complexity index is 502. The van der Waals surface area contributed by atoms with Gasteiger partial charge >= 0.3 is 18.1 Å². The summed E-state index contributed by atoms with van der Waals surface area (Å²) in [4.78, 5) is 21.7. The molecule has 20 heavy (non-hydrogen) atoms. The molecule has 8 heteroatoms. The molecule has 0 radical (unpaired) electrons. The molecule has 1 aromatic carbocycles. The highest BCUT2D eigenvalue weighted by atomic mass is 19.4. The SMILES string of the molecule is COc1cccc(C[C@H](NC(=O)C(F)(F)F)C(=O)O)c1. The van der Waals surface area contributed by atoms with Gasteiger partial charge in [0.05, 0.1) is 7.11 Å². The van der Waals surface area contributed by atoms with Crippen molar-refractivity contribution in [2.45, 2.75) is 18.6 Å². The predicted octanol–water partition coefficient (Wildman–Crippen LogP) is 1.37. The van der Waals surface area contributed by atoms with E-state index in [1.807, 2.05) is 0 Å².